The molecule has 0 aliphatic carbocycles. The molecule has 1 amide bonds. The molecule has 0 saturated heterocycles. The van der Waals surface area contributed by atoms with Crippen LogP contribution in [0.25, 0.3) is 0 Å². The van der Waals surface area contributed by atoms with Crippen molar-refractivity contribution in [3.63, 3.8) is 0 Å². The van der Waals surface area contributed by atoms with Crippen molar-refractivity contribution in [1.82, 2.24) is 15.6 Å². The van der Waals surface area contributed by atoms with E-state index >= 15 is 0 Å². The molecule has 4 N–H and O–H groups in total. The van der Waals surface area contributed by atoms with Crippen LogP contribution in [0.1, 0.15) is 16.1 Å². The van der Waals surface area contributed by atoms with Crippen LogP contribution in [0.4, 0.5) is 5.13 Å². The average Bonchev–Trinajstić information content (AvgIpc) is 3.02. The number of nitrogens with zero attached hydrogens (tertiary/aromatic N) is 2. The van der Waals surface area contributed by atoms with E-state index in [1.165, 1.54) is 17.5 Å². The normalized spacial score (nSPS) is 11.4. The Morgan fingerprint density at radius 1 is 1.39 bits per heavy atom. The number of thiazole rings is 1. The van der Waals surface area contributed by atoms with Gasteiger partial charge in [0, 0.05) is 18.1 Å². The van der Waals surface area contributed by atoms with E-state index in [-0.39, 0.29) is 11.7 Å². The van der Waals surface area contributed by atoms with Crippen molar-refractivity contribution in [2.45, 2.75) is 6.54 Å². The minimum Gasteiger partial charge on any atom is -0.384 e. The minimum absolute atomic E-state index is 0.242. The quantitative estimate of drug-likeness (QED) is 0.537. The molecule has 0 atom stereocenters. The molecular weight excluding hydrogens is 310 g/mol. The predicted octanol–water partition coefficient (Wildman–Crippen LogP) is 2.31. The largest absolute Gasteiger partial charge is 0.384 e. The van der Waals surface area contributed by atoms with E-state index in [1.807, 2.05) is 30.3 Å². The maximum Gasteiger partial charge on any atom is 0.271 e. The molecule has 0 aliphatic rings. The summed E-state index contributed by atoms with van der Waals surface area (Å²) < 4.78 is 0. The molecule has 2 aromatic rings. The van der Waals surface area contributed by atoms with Crippen LogP contribution in [0, 0.1) is 0 Å². The summed E-state index contributed by atoms with van der Waals surface area (Å²) in [5.41, 5.74) is 7.07. The molecule has 0 aliphatic heterocycles. The Hall–Kier alpha value is -2.93. The van der Waals surface area contributed by atoms with Crippen LogP contribution in [0.2, 0.25) is 0 Å². The van der Waals surface area contributed by atoms with Gasteiger partial charge in [0.05, 0.1) is 0 Å². The highest BCUT2D eigenvalue weighted by Crippen LogP contribution is 2.18. The monoisotopic (exact) mass is 327 g/mol. The molecule has 1 heterocycles. The summed E-state index contributed by atoms with van der Waals surface area (Å²) in [7, 11) is 0. The SMILES string of the molecule is C=CNC=CC(N)=Nc1nc(C(=O)NCc2ccccc2)cs1. The molecule has 0 radical (unpaired) electrons. The zero-order chi connectivity index (χ0) is 16.5. The fourth-order valence-electron chi connectivity index (χ4n) is 1.64. The third-order valence-corrected chi connectivity index (χ3v) is 3.45. The van der Waals surface area contributed by atoms with Gasteiger partial charge in [0.2, 0.25) is 5.13 Å². The first-order valence-corrected chi connectivity index (χ1v) is 7.72. The summed E-state index contributed by atoms with van der Waals surface area (Å²) in [6.45, 7) is 3.96. The summed E-state index contributed by atoms with van der Waals surface area (Å²) in [5, 5.41) is 7.65. The number of nitrogens with one attached hydrogen (secondary N) is 2. The second-order valence-corrected chi connectivity index (χ2v) is 5.26. The topological polar surface area (TPSA) is 92.4 Å². The van der Waals surface area contributed by atoms with Gasteiger partial charge in [-0.25, -0.2) is 9.98 Å². The van der Waals surface area contributed by atoms with Crippen LogP contribution in [0.5, 0.6) is 0 Å². The zero-order valence-electron chi connectivity index (χ0n) is 12.4. The number of nitrogens with two attached hydrogens (primary N) is 1. The van der Waals surface area contributed by atoms with Gasteiger partial charge in [-0.1, -0.05) is 36.9 Å². The summed E-state index contributed by atoms with van der Waals surface area (Å²) in [4.78, 5) is 20.3. The number of amidine groups is 1. The van der Waals surface area contributed by atoms with Gasteiger partial charge in [0.25, 0.3) is 5.91 Å². The van der Waals surface area contributed by atoms with E-state index in [0.29, 0.717) is 17.4 Å². The van der Waals surface area contributed by atoms with Gasteiger partial charge in [-0.15, -0.1) is 11.3 Å². The van der Waals surface area contributed by atoms with Gasteiger partial charge in [-0.2, -0.15) is 0 Å². The van der Waals surface area contributed by atoms with Crippen LogP contribution in [0.3, 0.4) is 0 Å². The fourth-order valence-corrected chi connectivity index (χ4v) is 2.32. The molecule has 0 saturated carbocycles. The van der Waals surface area contributed by atoms with E-state index in [2.05, 4.69) is 27.2 Å². The lowest BCUT2D eigenvalue weighted by Crippen LogP contribution is -2.22. The van der Waals surface area contributed by atoms with Gasteiger partial charge >= 0.3 is 0 Å². The highest BCUT2D eigenvalue weighted by atomic mass is 32.1. The van der Waals surface area contributed by atoms with Crippen LogP contribution >= 0.6 is 11.3 Å². The number of amides is 1. The molecule has 0 spiro atoms. The molecule has 2 rings (SSSR count). The van der Waals surface area contributed by atoms with E-state index in [4.69, 9.17) is 5.73 Å². The van der Waals surface area contributed by atoms with Gasteiger partial charge in [-0.3, -0.25) is 4.79 Å². The molecule has 23 heavy (non-hydrogen) atoms. The number of carbonyl (C=O) groups is 1. The van der Waals surface area contributed by atoms with Crippen LogP contribution in [-0.2, 0) is 6.54 Å². The van der Waals surface area contributed by atoms with Gasteiger partial charge < -0.3 is 16.4 Å². The van der Waals surface area contributed by atoms with Crippen molar-refractivity contribution in [2.24, 2.45) is 10.7 Å². The molecule has 7 heteroatoms. The lowest BCUT2D eigenvalue weighted by molar-refractivity contribution is 0.0946. The third-order valence-electron chi connectivity index (χ3n) is 2.71. The van der Waals surface area contributed by atoms with E-state index in [0.717, 1.165) is 5.56 Å². The fraction of sp³-hybridized carbons (Fsp3) is 0.0625. The lowest BCUT2D eigenvalue weighted by atomic mass is 10.2. The molecule has 118 valence electrons. The predicted molar refractivity (Wildman–Crippen MR) is 93.5 cm³/mol. The zero-order valence-corrected chi connectivity index (χ0v) is 13.2. The van der Waals surface area contributed by atoms with Crippen molar-refractivity contribution in [1.29, 1.82) is 0 Å². The van der Waals surface area contributed by atoms with Crippen molar-refractivity contribution in [2.75, 3.05) is 0 Å². The van der Waals surface area contributed by atoms with Crippen molar-refractivity contribution >= 4 is 28.2 Å². The summed E-state index contributed by atoms with van der Waals surface area (Å²) >= 11 is 1.25. The van der Waals surface area contributed by atoms with E-state index in [1.54, 1.807) is 17.7 Å². The molecule has 6 nitrogen and oxygen atoms in total. The first-order chi connectivity index (χ1) is 11.2. The Balaban J connectivity index is 1.94. The lowest BCUT2D eigenvalue weighted by Gasteiger charge is -2.02. The highest BCUT2D eigenvalue weighted by Gasteiger charge is 2.10. The Labute approximate surface area is 138 Å². The first kappa shape index (κ1) is 16.4. The van der Waals surface area contributed by atoms with Crippen LogP contribution < -0.4 is 16.4 Å². The van der Waals surface area contributed by atoms with Crippen molar-refractivity contribution in [3.05, 3.63) is 72.0 Å². The smallest absolute Gasteiger partial charge is 0.271 e. The van der Waals surface area contributed by atoms with Crippen LogP contribution in [0.15, 0.2) is 65.8 Å². The molecule has 0 bridgehead atoms. The summed E-state index contributed by atoms with van der Waals surface area (Å²) in [5.74, 6) is 0.0407. The molecule has 1 aromatic carbocycles. The van der Waals surface area contributed by atoms with Gasteiger partial charge in [0.15, 0.2) is 0 Å². The Kier molecular flexibility index (Phi) is 6.07. The maximum absolute atomic E-state index is 12.0. The average molecular weight is 327 g/mol. The number of aliphatic imine (C=N–C) groups is 1. The minimum atomic E-state index is -0.242. The number of rotatable bonds is 7. The highest BCUT2D eigenvalue weighted by molar-refractivity contribution is 7.13. The Bertz CT molecular complexity index is 721. The molecular formula is C16H17N5OS. The third kappa shape index (κ3) is 5.40. The van der Waals surface area contributed by atoms with Crippen molar-refractivity contribution < 1.29 is 4.79 Å². The second kappa shape index (κ2) is 8.50. The first-order valence-electron chi connectivity index (χ1n) is 6.84. The Morgan fingerprint density at radius 3 is 2.91 bits per heavy atom. The molecule has 0 fully saturated rings. The van der Waals surface area contributed by atoms with E-state index < -0.39 is 0 Å². The number of carbonyl (C=O) groups excluding carboxylic acids is 1. The van der Waals surface area contributed by atoms with Crippen LogP contribution in [-0.4, -0.2) is 16.7 Å². The summed E-state index contributed by atoms with van der Waals surface area (Å²) in [6.07, 6.45) is 4.70. The standard InChI is InChI=1S/C16H17N5OS/c1-2-18-9-8-14(17)21-16-20-13(11-23-16)15(22)19-10-12-6-4-3-5-7-12/h2-9,11,18H,1,10H2,(H,19,22)(H2,17,20,21). The summed E-state index contributed by atoms with van der Waals surface area (Å²) in [6, 6.07) is 9.67. The molecule has 1 aromatic heterocycles. The number of aromatic nitrogens is 1. The number of hydrogen-bond acceptors (Lipinski definition) is 5. The van der Waals surface area contributed by atoms with Gasteiger partial charge in [-0.05, 0) is 17.8 Å². The maximum atomic E-state index is 12.0. The Morgan fingerprint density at radius 2 is 2.17 bits per heavy atom. The second-order valence-electron chi connectivity index (χ2n) is 4.42. The molecule has 0 unspecified atom stereocenters. The number of hydrogen-bond donors (Lipinski definition) is 3. The van der Waals surface area contributed by atoms with E-state index in [9.17, 15) is 4.79 Å². The number of benzene rings is 1. The van der Waals surface area contributed by atoms with Gasteiger partial charge in [0.1, 0.15) is 11.5 Å². The van der Waals surface area contributed by atoms with Crippen molar-refractivity contribution in [3.8, 4) is 0 Å².